The zero-order chi connectivity index (χ0) is 19.5. The van der Waals surface area contributed by atoms with E-state index >= 15 is 0 Å². The van der Waals surface area contributed by atoms with Crippen LogP contribution in [0.25, 0.3) is 11.4 Å². The molecule has 1 heterocycles. The van der Waals surface area contributed by atoms with E-state index in [-0.39, 0.29) is 6.10 Å². The van der Waals surface area contributed by atoms with Gasteiger partial charge in [-0.15, -0.1) is 0 Å². The monoisotopic (exact) mass is 370 g/mol. The number of rotatable bonds is 12. The number of hydrogen-bond donors (Lipinski definition) is 0. The minimum atomic E-state index is 0.242. The molecule has 0 amide bonds. The highest BCUT2D eigenvalue weighted by Gasteiger charge is 2.07. The number of benzene rings is 1. The lowest BCUT2D eigenvalue weighted by molar-refractivity contribution is 0.206. The maximum atomic E-state index is 6.01. The minimum absolute atomic E-state index is 0.242. The van der Waals surface area contributed by atoms with E-state index in [1.54, 1.807) is 12.4 Å². The molecule has 0 N–H and O–H groups in total. The van der Waals surface area contributed by atoms with Crippen molar-refractivity contribution in [2.75, 3.05) is 6.61 Å². The molecule has 148 valence electrons. The van der Waals surface area contributed by atoms with Crippen LogP contribution in [-0.2, 0) is 0 Å². The van der Waals surface area contributed by atoms with Gasteiger partial charge in [-0.1, -0.05) is 46.5 Å². The van der Waals surface area contributed by atoms with Gasteiger partial charge in [0.15, 0.2) is 11.6 Å². The average molecular weight is 371 g/mol. The van der Waals surface area contributed by atoms with Gasteiger partial charge in [0.05, 0.1) is 25.1 Å². The Morgan fingerprint density at radius 3 is 2.22 bits per heavy atom. The third-order valence-electron chi connectivity index (χ3n) is 4.77. The fourth-order valence-electron chi connectivity index (χ4n) is 2.73. The summed E-state index contributed by atoms with van der Waals surface area (Å²) in [5.41, 5.74) is 0.978. The lowest BCUT2D eigenvalue weighted by atomic mass is 10.1. The van der Waals surface area contributed by atoms with Crippen molar-refractivity contribution in [2.45, 2.75) is 72.3 Å². The predicted octanol–water partition coefficient (Wildman–Crippen LogP) is 6.31. The third-order valence-corrected chi connectivity index (χ3v) is 4.77. The van der Waals surface area contributed by atoms with Gasteiger partial charge in [-0.25, -0.2) is 9.97 Å². The molecule has 2 aromatic rings. The second kappa shape index (κ2) is 11.6. The van der Waals surface area contributed by atoms with E-state index in [1.807, 2.05) is 24.3 Å². The van der Waals surface area contributed by atoms with Crippen LogP contribution in [-0.4, -0.2) is 22.7 Å². The first-order valence-corrected chi connectivity index (χ1v) is 10.3. The Hall–Kier alpha value is -2.10. The standard InChI is InChI=1S/C23H34N2O2/c1-5-7-8-9-10-19(4)27-21-13-11-20(12-14-21)23-24-15-22(16-25-23)26-17-18(3)6-2/h11-16,18-19H,5-10,17H2,1-4H3. The molecule has 0 saturated carbocycles. The molecule has 0 saturated heterocycles. The number of aromatic nitrogens is 2. The molecule has 1 aromatic heterocycles. The van der Waals surface area contributed by atoms with E-state index < -0.39 is 0 Å². The maximum Gasteiger partial charge on any atom is 0.159 e. The van der Waals surface area contributed by atoms with Gasteiger partial charge < -0.3 is 9.47 Å². The zero-order valence-electron chi connectivity index (χ0n) is 17.3. The predicted molar refractivity (Wildman–Crippen MR) is 111 cm³/mol. The number of unbranched alkanes of at least 4 members (excludes halogenated alkanes) is 3. The Bertz CT molecular complexity index is 640. The van der Waals surface area contributed by atoms with Gasteiger partial charge in [-0.05, 0) is 49.9 Å². The molecule has 1 aromatic carbocycles. The molecule has 4 nitrogen and oxygen atoms in total. The van der Waals surface area contributed by atoms with E-state index in [2.05, 4.69) is 37.7 Å². The van der Waals surface area contributed by atoms with E-state index in [9.17, 15) is 0 Å². The zero-order valence-corrected chi connectivity index (χ0v) is 17.3. The van der Waals surface area contributed by atoms with Crippen molar-refractivity contribution in [1.82, 2.24) is 9.97 Å². The fourth-order valence-corrected chi connectivity index (χ4v) is 2.73. The van der Waals surface area contributed by atoms with Crippen molar-refractivity contribution in [1.29, 1.82) is 0 Å². The van der Waals surface area contributed by atoms with Crippen molar-refractivity contribution in [3.05, 3.63) is 36.7 Å². The Morgan fingerprint density at radius 2 is 1.59 bits per heavy atom. The molecule has 2 atom stereocenters. The molecule has 0 spiro atoms. The topological polar surface area (TPSA) is 44.2 Å². The molecular formula is C23H34N2O2. The van der Waals surface area contributed by atoms with Crippen LogP contribution in [0.4, 0.5) is 0 Å². The SMILES string of the molecule is CCCCCCC(C)Oc1ccc(-c2ncc(OCC(C)CC)cn2)cc1. The number of ether oxygens (including phenoxy) is 2. The normalized spacial score (nSPS) is 13.2. The molecule has 0 fully saturated rings. The summed E-state index contributed by atoms with van der Waals surface area (Å²) in [5, 5.41) is 0. The van der Waals surface area contributed by atoms with Gasteiger partial charge in [0.2, 0.25) is 0 Å². The van der Waals surface area contributed by atoms with Gasteiger partial charge in [-0.2, -0.15) is 0 Å². The summed E-state index contributed by atoms with van der Waals surface area (Å²) in [4.78, 5) is 8.85. The molecule has 0 bridgehead atoms. The summed E-state index contributed by atoms with van der Waals surface area (Å²) in [6, 6.07) is 8.01. The first-order valence-electron chi connectivity index (χ1n) is 10.3. The molecule has 2 rings (SSSR count). The fraction of sp³-hybridized carbons (Fsp3) is 0.565. The summed E-state index contributed by atoms with van der Waals surface area (Å²) < 4.78 is 11.7. The van der Waals surface area contributed by atoms with Crippen LogP contribution in [0.5, 0.6) is 11.5 Å². The Balaban J connectivity index is 1.85. The van der Waals surface area contributed by atoms with E-state index in [1.165, 1.54) is 25.7 Å². The maximum absolute atomic E-state index is 6.01. The van der Waals surface area contributed by atoms with Crippen LogP contribution >= 0.6 is 0 Å². The van der Waals surface area contributed by atoms with E-state index in [0.717, 1.165) is 29.9 Å². The average Bonchev–Trinajstić information content (AvgIpc) is 2.70. The van der Waals surface area contributed by atoms with Gasteiger partial charge in [-0.3, -0.25) is 0 Å². The van der Waals surface area contributed by atoms with Gasteiger partial charge in [0.25, 0.3) is 0 Å². The Labute approximate surface area is 164 Å². The summed E-state index contributed by atoms with van der Waals surface area (Å²) in [7, 11) is 0. The highest BCUT2D eigenvalue weighted by molar-refractivity contribution is 5.56. The lowest BCUT2D eigenvalue weighted by Crippen LogP contribution is -2.11. The highest BCUT2D eigenvalue weighted by atomic mass is 16.5. The Morgan fingerprint density at radius 1 is 0.889 bits per heavy atom. The third kappa shape index (κ3) is 7.58. The number of nitrogens with zero attached hydrogens (tertiary/aromatic N) is 2. The first-order chi connectivity index (χ1) is 13.1. The molecule has 4 heteroatoms. The van der Waals surface area contributed by atoms with Crippen molar-refractivity contribution in [3.8, 4) is 22.9 Å². The second-order valence-corrected chi connectivity index (χ2v) is 7.37. The van der Waals surface area contributed by atoms with Crippen molar-refractivity contribution in [2.24, 2.45) is 5.92 Å². The Kier molecular flexibility index (Phi) is 9.09. The van der Waals surface area contributed by atoms with E-state index in [0.29, 0.717) is 18.3 Å². The first kappa shape index (κ1) is 21.2. The van der Waals surface area contributed by atoms with Gasteiger partial charge in [0.1, 0.15) is 5.75 Å². The van der Waals surface area contributed by atoms with Crippen LogP contribution in [0.15, 0.2) is 36.7 Å². The molecule has 0 aliphatic rings. The molecule has 0 aliphatic carbocycles. The van der Waals surface area contributed by atoms with Crippen LogP contribution in [0.1, 0.15) is 66.2 Å². The van der Waals surface area contributed by atoms with Crippen LogP contribution in [0, 0.1) is 5.92 Å². The largest absolute Gasteiger partial charge is 0.491 e. The van der Waals surface area contributed by atoms with Crippen molar-refractivity contribution in [3.63, 3.8) is 0 Å². The lowest BCUT2D eigenvalue weighted by Gasteiger charge is -2.15. The minimum Gasteiger partial charge on any atom is -0.491 e. The quantitative estimate of drug-likeness (QED) is 0.411. The van der Waals surface area contributed by atoms with Crippen LogP contribution in [0.3, 0.4) is 0 Å². The number of hydrogen-bond acceptors (Lipinski definition) is 4. The molecular weight excluding hydrogens is 336 g/mol. The summed E-state index contributed by atoms with van der Waals surface area (Å²) >= 11 is 0. The summed E-state index contributed by atoms with van der Waals surface area (Å²) in [6.07, 6.45) is 11.0. The van der Waals surface area contributed by atoms with Crippen LogP contribution < -0.4 is 9.47 Å². The smallest absolute Gasteiger partial charge is 0.159 e. The second-order valence-electron chi connectivity index (χ2n) is 7.37. The summed E-state index contributed by atoms with van der Waals surface area (Å²) in [5.74, 6) is 2.85. The van der Waals surface area contributed by atoms with Crippen LogP contribution in [0.2, 0.25) is 0 Å². The molecule has 0 aliphatic heterocycles. The van der Waals surface area contributed by atoms with E-state index in [4.69, 9.17) is 9.47 Å². The highest BCUT2D eigenvalue weighted by Crippen LogP contribution is 2.22. The van der Waals surface area contributed by atoms with Gasteiger partial charge >= 0.3 is 0 Å². The molecule has 2 unspecified atom stereocenters. The molecule has 0 radical (unpaired) electrons. The summed E-state index contributed by atoms with van der Waals surface area (Å²) in [6.45, 7) is 9.40. The van der Waals surface area contributed by atoms with Crippen molar-refractivity contribution < 1.29 is 9.47 Å². The molecule has 27 heavy (non-hydrogen) atoms. The van der Waals surface area contributed by atoms with Crippen molar-refractivity contribution >= 4 is 0 Å². The van der Waals surface area contributed by atoms with Gasteiger partial charge in [0, 0.05) is 5.56 Å².